The Kier molecular flexibility index (Phi) is 8.94. The van der Waals surface area contributed by atoms with Crippen LogP contribution in [0.5, 0.6) is 17.2 Å². The number of carbonyl (C=O) groups excluding carboxylic acids is 3. The fourth-order valence-electron chi connectivity index (χ4n) is 3.09. The van der Waals surface area contributed by atoms with Crippen molar-refractivity contribution in [3.8, 4) is 28.4 Å². The molecule has 8 heteroatoms. The summed E-state index contributed by atoms with van der Waals surface area (Å²) in [6.45, 7) is 9.95. The number of rotatable bonds is 10. The minimum atomic E-state index is -1.21. The maximum atomic E-state index is 12.9. The summed E-state index contributed by atoms with van der Waals surface area (Å²) < 4.78 is 33.7. The maximum Gasteiger partial charge on any atom is 0.371 e. The molecule has 0 radical (unpaired) electrons. The van der Waals surface area contributed by atoms with Crippen LogP contribution in [0.2, 0.25) is 0 Å². The quantitative estimate of drug-likeness (QED) is 0.150. The van der Waals surface area contributed by atoms with E-state index in [1.54, 1.807) is 38.1 Å². The first kappa shape index (κ1) is 26.9. The number of esters is 3. The van der Waals surface area contributed by atoms with E-state index in [4.69, 9.17) is 18.9 Å². The topological polar surface area (TPSA) is 88.1 Å². The summed E-state index contributed by atoms with van der Waals surface area (Å²) in [5.74, 6) is -2.36. The van der Waals surface area contributed by atoms with Crippen LogP contribution < -0.4 is 14.2 Å². The first-order valence-electron chi connectivity index (χ1n) is 11.2. The van der Waals surface area contributed by atoms with E-state index in [2.05, 4.69) is 13.2 Å². The fraction of sp³-hybridized carbons (Fsp3) is 0.138. The molecule has 190 valence electrons. The van der Waals surface area contributed by atoms with Gasteiger partial charge < -0.3 is 18.9 Å². The van der Waals surface area contributed by atoms with Gasteiger partial charge in [-0.3, -0.25) is 0 Å². The van der Waals surface area contributed by atoms with E-state index in [-0.39, 0.29) is 24.5 Å². The van der Waals surface area contributed by atoms with E-state index < -0.39 is 23.7 Å². The lowest BCUT2D eigenvalue weighted by molar-refractivity contribution is -0.139. The standard InChI is InChI=1S/C29H25FO7/c1-18(2)27(31)35-16-15-34-24-10-5-21(6-11-24)22-7-12-25(13-8-22)36-29(33)23-9-14-26(19(3)17-23)37-28(32)20(4)30/h5-14,17H,1,4,15-16H2,2-3H3. The van der Waals surface area contributed by atoms with Crippen molar-refractivity contribution in [2.45, 2.75) is 13.8 Å². The SMILES string of the molecule is C=C(C)C(=O)OCCOc1ccc(-c2ccc(OC(=O)c3ccc(OC(=O)C(=C)F)c(C)c3)cc2)cc1. The second-order valence-electron chi connectivity index (χ2n) is 7.98. The van der Waals surface area contributed by atoms with Crippen molar-refractivity contribution < 1.29 is 37.7 Å². The maximum absolute atomic E-state index is 12.9. The Balaban J connectivity index is 1.55. The third-order valence-electron chi connectivity index (χ3n) is 5.02. The molecule has 0 amide bonds. The van der Waals surface area contributed by atoms with Crippen LogP contribution in [0.1, 0.15) is 22.8 Å². The molecule has 3 rings (SSSR count). The first-order valence-corrected chi connectivity index (χ1v) is 11.2. The molecule has 0 saturated carbocycles. The molecule has 0 spiro atoms. The van der Waals surface area contributed by atoms with Crippen LogP contribution >= 0.6 is 0 Å². The highest BCUT2D eigenvalue weighted by Crippen LogP contribution is 2.26. The van der Waals surface area contributed by atoms with Crippen molar-refractivity contribution in [2.24, 2.45) is 0 Å². The van der Waals surface area contributed by atoms with Crippen LogP contribution in [0, 0.1) is 6.92 Å². The minimum absolute atomic E-state index is 0.118. The Morgan fingerprint density at radius 1 is 0.784 bits per heavy atom. The lowest BCUT2D eigenvalue weighted by Crippen LogP contribution is -2.12. The predicted molar refractivity (Wildman–Crippen MR) is 135 cm³/mol. The highest BCUT2D eigenvalue weighted by atomic mass is 19.1. The fourth-order valence-corrected chi connectivity index (χ4v) is 3.09. The van der Waals surface area contributed by atoms with Crippen molar-refractivity contribution in [3.05, 3.63) is 102 Å². The molecule has 0 unspecified atom stereocenters. The molecule has 0 aliphatic heterocycles. The molecule has 0 N–H and O–H groups in total. The summed E-state index contributed by atoms with van der Waals surface area (Å²) in [6, 6.07) is 18.6. The number of hydrogen-bond acceptors (Lipinski definition) is 7. The smallest absolute Gasteiger partial charge is 0.371 e. The van der Waals surface area contributed by atoms with Crippen molar-refractivity contribution in [2.75, 3.05) is 13.2 Å². The van der Waals surface area contributed by atoms with Gasteiger partial charge in [0.15, 0.2) is 0 Å². The third kappa shape index (κ3) is 7.63. The number of benzene rings is 3. The van der Waals surface area contributed by atoms with Gasteiger partial charge in [-0.05, 0) is 73.0 Å². The molecule has 0 fully saturated rings. The molecule has 3 aromatic carbocycles. The molecule has 37 heavy (non-hydrogen) atoms. The zero-order valence-corrected chi connectivity index (χ0v) is 20.4. The van der Waals surface area contributed by atoms with Gasteiger partial charge in [0.2, 0.25) is 5.83 Å². The molecule has 7 nitrogen and oxygen atoms in total. The highest BCUT2D eigenvalue weighted by molar-refractivity contribution is 5.92. The molecule has 0 atom stereocenters. The normalized spacial score (nSPS) is 10.2. The second-order valence-corrected chi connectivity index (χ2v) is 7.98. The van der Waals surface area contributed by atoms with Crippen LogP contribution in [-0.2, 0) is 14.3 Å². The molecule has 0 aliphatic carbocycles. The Bertz CT molecular complexity index is 1330. The Labute approximate surface area is 213 Å². The van der Waals surface area contributed by atoms with Gasteiger partial charge in [-0.2, -0.15) is 4.39 Å². The Morgan fingerprint density at radius 3 is 1.92 bits per heavy atom. The molecular weight excluding hydrogens is 479 g/mol. The van der Waals surface area contributed by atoms with E-state index in [1.807, 2.05) is 24.3 Å². The lowest BCUT2D eigenvalue weighted by atomic mass is 10.1. The molecule has 0 aliphatic rings. The molecule has 3 aromatic rings. The average Bonchev–Trinajstić information content (AvgIpc) is 2.88. The summed E-state index contributed by atoms with van der Waals surface area (Å²) >= 11 is 0. The average molecular weight is 505 g/mol. The van der Waals surface area contributed by atoms with E-state index in [0.29, 0.717) is 22.6 Å². The van der Waals surface area contributed by atoms with E-state index >= 15 is 0 Å². The largest absolute Gasteiger partial charge is 0.490 e. The number of aryl methyl sites for hydroxylation is 1. The molecular formula is C29H25FO7. The summed E-state index contributed by atoms with van der Waals surface area (Å²) in [7, 11) is 0. The van der Waals surface area contributed by atoms with Crippen molar-refractivity contribution in [3.63, 3.8) is 0 Å². The van der Waals surface area contributed by atoms with Crippen LogP contribution in [0.25, 0.3) is 11.1 Å². The summed E-state index contributed by atoms with van der Waals surface area (Å²) in [6.07, 6.45) is 0. The van der Waals surface area contributed by atoms with Crippen molar-refractivity contribution in [1.29, 1.82) is 0 Å². The van der Waals surface area contributed by atoms with Crippen LogP contribution in [0.4, 0.5) is 4.39 Å². The van der Waals surface area contributed by atoms with Gasteiger partial charge in [0.1, 0.15) is 30.5 Å². The summed E-state index contributed by atoms with van der Waals surface area (Å²) in [5.41, 5.74) is 2.86. The molecule has 0 heterocycles. The second kappa shape index (κ2) is 12.3. The van der Waals surface area contributed by atoms with Gasteiger partial charge in [-0.1, -0.05) is 37.4 Å². The molecule has 0 aromatic heterocycles. The zero-order valence-electron chi connectivity index (χ0n) is 20.4. The highest BCUT2D eigenvalue weighted by Gasteiger charge is 2.15. The van der Waals surface area contributed by atoms with Crippen LogP contribution in [-0.4, -0.2) is 31.1 Å². The first-order chi connectivity index (χ1) is 17.6. The minimum Gasteiger partial charge on any atom is -0.490 e. The van der Waals surface area contributed by atoms with E-state index in [0.717, 1.165) is 11.1 Å². The molecule has 0 bridgehead atoms. The van der Waals surface area contributed by atoms with Gasteiger partial charge in [0.25, 0.3) is 0 Å². The number of carbonyl (C=O) groups is 3. The van der Waals surface area contributed by atoms with Gasteiger partial charge >= 0.3 is 17.9 Å². The van der Waals surface area contributed by atoms with E-state index in [9.17, 15) is 18.8 Å². The zero-order chi connectivity index (χ0) is 26.9. The van der Waals surface area contributed by atoms with Crippen molar-refractivity contribution in [1.82, 2.24) is 0 Å². The third-order valence-corrected chi connectivity index (χ3v) is 5.02. The lowest BCUT2D eigenvalue weighted by Gasteiger charge is -2.10. The van der Waals surface area contributed by atoms with Gasteiger partial charge in [0.05, 0.1) is 5.56 Å². The number of halogens is 1. The summed E-state index contributed by atoms with van der Waals surface area (Å²) in [4.78, 5) is 35.2. The number of ether oxygens (including phenoxy) is 4. The molecule has 0 saturated heterocycles. The number of hydrogen-bond donors (Lipinski definition) is 0. The Hall–Kier alpha value is -4.72. The van der Waals surface area contributed by atoms with Gasteiger partial charge in [-0.15, -0.1) is 0 Å². The van der Waals surface area contributed by atoms with Crippen LogP contribution in [0.3, 0.4) is 0 Å². The predicted octanol–water partition coefficient (Wildman–Crippen LogP) is 5.77. The van der Waals surface area contributed by atoms with Gasteiger partial charge in [0, 0.05) is 5.57 Å². The van der Waals surface area contributed by atoms with Crippen LogP contribution in [0.15, 0.2) is 91.3 Å². The van der Waals surface area contributed by atoms with Crippen molar-refractivity contribution >= 4 is 17.9 Å². The monoisotopic (exact) mass is 504 g/mol. The van der Waals surface area contributed by atoms with Gasteiger partial charge in [-0.25, -0.2) is 14.4 Å². The van der Waals surface area contributed by atoms with E-state index in [1.165, 1.54) is 18.2 Å². The Morgan fingerprint density at radius 2 is 1.38 bits per heavy atom. The summed E-state index contributed by atoms with van der Waals surface area (Å²) in [5, 5.41) is 0.